The molecule has 6 nitrogen and oxygen atoms in total. The third-order valence-corrected chi connectivity index (χ3v) is 2.19. The van der Waals surface area contributed by atoms with Gasteiger partial charge in [0, 0.05) is 12.3 Å². The van der Waals surface area contributed by atoms with Gasteiger partial charge in [-0.3, -0.25) is 4.79 Å². The predicted octanol–water partition coefficient (Wildman–Crippen LogP) is -0.295. The molecule has 1 aromatic rings. The van der Waals surface area contributed by atoms with Crippen LogP contribution in [-0.2, 0) is 21.1 Å². The van der Waals surface area contributed by atoms with Gasteiger partial charge in [-0.1, -0.05) is 5.16 Å². The maximum absolute atomic E-state index is 10.9. The molecule has 0 atom stereocenters. The minimum Gasteiger partial charge on any atom is -0.481 e. The van der Waals surface area contributed by atoms with Gasteiger partial charge < -0.3 is 9.63 Å². The van der Waals surface area contributed by atoms with Crippen LogP contribution >= 0.6 is 0 Å². The van der Waals surface area contributed by atoms with Gasteiger partial charge in [0.1, 0.15) is 12.2 Å². The number of hydrogen-bond acceptors (Lipinski definition) is 5. The topological polar surface area (TPSA) is 97.5 Å². The van der Waals surface area contributed by atoms with Gasteiger partial charge in [0.15, 0.2) is 14.9 Å². The van der Waals surface area contributed by atoms with Gasteiger partial charge >= 0.3 is 5.97 Å². The maximum Gasteiger partial charge on any atom is 0.311 e. The Morgan fingerprint density at radius 3 is 2.69 bits per heavy atom. The number of nitrogens with zero attached hydrogens (tertiary/aromatic N) is 1. The van der Waals surface area contributed by atoms with Gasteiger partial charge in [-0.15, -0.1) is 0 Å². The van der Waals surface area contributed by atoms with Crippen LogP contribution in [-0.4, -0.2) is 30.9 Å². The molecule has 7 heteroatoms. The second-order valence-electron chi connectivity index (χ2n) is 2.47. The second kappa shape index (κ2) is 3.17. The summed E-state index contributed by atoms with van der Waals surface area (Å²) in [7, 11) is -3.42. The normalized spacial score (nSPS) is 11.5. The van der Waals surface area contributed by atoms with Crippen LogP contribution in [0.25, 0.3) is 0 Å². The summed E-state index contributed by atoms with van der Waals surface area (Å²) in [5, 5.41) is 11.3. The third kappa shape index (κ3) is 2.55. The highest BCUT2D eigenvalue weighted by Gasteiger charge is 2.15. The van der Waals surface area contributed by atoms with Crippen LogP contribution in [0, 0.1) is 0 Å². The maximum atomic E-state index is 10.9. The van der Waals surface area contributed by atoms with Crippen LogP contribution in [0.2, 0.25) is 0 Å². The summed E-state index contributed by atoms with van der Waals surface area (Å²) < 4.78 is 26.2. The molecule has 0 fully saturated rings. The summed E-state index contributed by atoms with van der Waals surface area (Å²) in [6, 6.07) is 1.10. The lowest BCUT2D eigenvalue weighted by atomic mass is 10.3. The summed E-state index contributed by atoms with van der Waals surface area (Å²) in [6.45, 7) is 0. The van der Waals surface area contributed by atoms with Crippen molar-refractivity contribution in [1.82, 2.24) is 5.16 Å². The zero-order valence-corrected chi connectivity index (χ0v) is 7.54. The molecule has 0 saturated carbocycles. The van der Waals surface area contributed by atoms with Crippen molar-refractivity contribution in [2.75, 3.05) is 6.26 Å². The zero-order chi connectivity index (χ0) is 10.1. The third-order valence-electron chi connectivity index (χ3n) is 1.24. The zero-order valence-electron chi connectivity index (χ0n) is 6.72. The Hall–Kier alpha value is -1.37. The SMILES string of the molecule is CS(=O)(=O)c1cc(CC(=O)O)on1. The van der Waals surface area contributed by atoms with E-state index < -0.39 is 15.8 Å². The van der Waals surface area contributed by atoms with E-state index in [9.17, 15) is 13.2 Å². The highest BCUT2D eigenvalue weighted by atomic mass is 32.2. The first-order valence-electron chi connectivity index (χ1n) is 3.27. The van der Waals surface area contributed by atoms with Crippen molar-refractivity contribution in [1.29, 1.82) is 0 Å². The highest BCUT2D eigenvalue weighted by Crippen LogP contribution is 2.09. The summed E-state index contributed by atoms with van der Waals surface area (Å²) in [6.07, 6.45) is 0.595. The van der Waals surface area contributed by atoms with Gasteiger partial charge in [0.25, 0.3) is 0 Å². The first kappa shape index (κ1) is 9.72. The molecule has 1 N–H and O–H groups in total. The van der Waals surface area contributed by atoms with Gasteiger partial charge in [-0.25, -0.2) is 8.42 Å². The van der Waals surface area contributed by atoms with E-state index in [1.54, 1.807) is 0 Å². The van der Waals surface area contributed by atoms with E-state index in [0.29, 0.717) is 0 Å². The summed E-state index contributed by atoms with van der Waals surface area (Å²) in [5.74, 6) is -1.08. The van der Waals surface area contributed by atoms with Gasteiger partial charge in [-0.05, 0) is 0 Å². The molecule has 1 heterocycles. The van der Waals surface area contributed by atoms with Crippen LogP contribution in [0.4, 0.5) is 0 Å². The fraction of sp³-hybridized carbons (Fsp3) is 0.333. The van der Waals surface area contributed by atoms with Crippen molar-refractivity contribution in [3.63, 3.8) is 0 Å². The van der Waals surface area contributed by atoms with Crippen LogP contribution in [0.3, 0.4) is 0 Å². The number of aromatic nitrogens is 1. The van der Waals surface area contributed by atoms with E-state index in [2.05, 4.69) is 9.68 Å². The molecular formula is C6H7NO5S. The summed E-state index contributed by atoms with van der Waals surface area (Å²) >= 11 is 0. The molecule has 0 unspecified atom stereocenters. The molecule has 0 saturated heterocycles. The first-order chi connectivity index (χ1) is 5.89. The van der Waals surface area contributed by atoms with E-state index >= 15 is 0 Å². The minimum absolute atomic E-state index is 0.0212. The Bertz CT molecular complexity index is 418. The molecule has 1 rings (SSSR count). The number of rotatable bonds is 3. The average Bonchev–Trinajstić information content (AvgIpc) is 2.32. The number of carboxylic acids is 1. The van der Waals surface area contributed by atoms with Crippen molar-refractivity contribution in [2.24, 2.45) is 0 Å². The largest absolute Gasteiger partial charge is 0.481 e. The quantitative estimate of drug-likeness (QED) is 0.727. The Balaban J connectivity index is 2.94. The molecule has 0 spiro atoms. The van der Waals surface area contributed by atoms with Crippen LogP contribution in [0.1, 0.15) is 5.76 Å². The number of aliphatic carboxylic acids is 1. The van der Waals surface area contributed by atoms with Gasteiger partial charge in [0.05, 0.1) is 0 Å². The van der Waals surface area contributed by atoms with Crippen LogP contribution in [0.5, 0.6) is 0 Å². The summed E-state index contributed by atoms with van der Waals surface area (Å²) in [5.41, 5.74) is 0. The first-order valence-corrected chi connectivity index (χ1v) is 5.16. The number of sulfone groups is 1. The fourth-order valence-corrected chi connectivity index (χ4v) is 1.22. The Morgan fingerprint density at radius 2 is 2.31 bits per heavy atom. The van der Waals surface area contributed by atoms with Crippen molar-refractivity contribution < 1.29 is 22.8 Å². The van der Waals surface area contributed by atoms with Crippen molar-refractivity contribution in [2.45, 2.75) is 11.4 Å². The van der Waals surface area contributed by atoms with E-state index in [0.717, 1.165) is 12.3 Å². The molecule has 0 amide bonds. The Kier molecular flexibility index (Phi) is 2.37. The lowest BCUT2D eigenvalue weighted by Crippen LogP contribution is -1.99. The van der Waals surface area contributed by atoms with Crippen molar-refractivity contribution in [3.05, 3.63) is 11.8 Å². The minimum atomic E-state index is -3.42. The highest BCUT2D eigenvalue weighted by molar-refractivity contribution is 7.90. The van der Waals surface area contributed by atoms with E-state index in [1.165, 1.54) is 0 Å². The number of carbonyl (C=O) groups is 1. The molecule has 0 bridgehead atoms. The fourth-order valence-electron chi connectivity index (χ4n) is 0.701. The van der Waals surface area contributed by atoms with Gasteiger partial charge in [0.2, 0.25) is 0 Å². The number of hydrogen-bond donors (Lipinski definition) is 1. The van der Waals surface area contributed by atoms with Crippen LogP contribution < -0.4 is 0 Å². The van der Waals surface area contributed by atoms with Crippen molar-refractivity contribution in [3.8, 4) is 0 Å². The molecular weight excluding hydrogens is 198 g/mol. The smallest absolute Gasteiger partial charge is 0.311 e. The molecule has 1 aromatic heterocycles. The molecule has 0 aromatic carbocycles. The Labute approximate surface area is 74.1 Å². The molecule has 72 valence electrons. The molecule has 0 radical (unpaired) electrons. The summed E-state index contributed by atoms with van der Waals surface area (Å²) in [4.78, 5) is 10.2. The van der Waals surface area contributed by atoms with Gasteiger partial charge in [-0.2, -0.15) is 0 Å². The molecule has 0 aliphatic rings. The monoisotopic (exact) mass is 205 g/mol. The Morgan fingerprint density at radius 1 is 1.69 bits per heavy atom. The van der Waals surface area contributed by atoms with Crippen molar-refractivity contribution >= 4 is 15.8 Å². The van der Waals surface area contributed by atoms with E-state index in [-0.39, 0.29) is 17.2 Å². The lowest BCUT2D eigenvalue weighted by molar-refractivity contribution is -0.136. The second-order valence-corrected chi connectivity index (χ2v) is 4.44. The molecule has 0 aliphatic heterocycles. The molecule has 0 aliphatic carbocycles. The standard InChI is InChI=1S/C6H7NO5S/c1-13(10,11)5-2-4(12-7-5)3-6(8)9/h2H,3H2,1H3,(H,8,9). The van der Waals surface area contributed by atoms with E-state index in [4.69, 9.17) is 5.11 Å². The average molecular weight is 205 g/mol. The number of carboxylic acid groups (broad SMARTS) is 1. The molecule has 13 heavy (non-hydrogen) atoms. The lowest BCUT2D eigenvalue weighted by Gasteiger charge is -1.85. The van der Waals surface area contributed by atoms with E-state index in [1.807, 2.05) is 0 Å². The van der Waals surface area contributed by atoms with Crippen LogP contribution in [0.15, 0.2) is 15.6 Å². The predicted molar refractivity (Wildman–Crippen MR) is 41.0 cm³/mol.